The Balaban J connectivity index is 2.41. The highest BCUT2D eigenvalue weighted by Gasteiger charge is 2.45. The van der Waals surface area contributed by atoms with Crippen molar-refractivity contribution in [2.45, 2.75) is 64.1 Å². The topological polar surface area (TPSA) is 48.3 Å². The van der Waals surface area contributed by atoms with Crippen molar-refractivity contribution in [2.75, 3.05) is 20.8 Å². The lowest BCUT2D eigenvalue weighted by atomic mass is 9.89. The third-order valence-electron chi connectivity index (χ3n) is 4.47. The standard InChI is InChI=1S/C16H29N3O2/c1-5-11-19-14(13(20-4)12-18-19)15(17-3)16(21-6-2)9-7-8-10-16/h12,15,17H,5-11H2,1-4H3. The van der Waals surface area contributed by atoms with Gasteiger partial charge in [-0.15, -0.1) is 0 Å². The van der Waals surface area contributed by atoms with Crippen LogP contribution in [0.5, 0.6) is 5.75 Å². The fourth-order valence-electron chi connectivity index (χ4n) is 3.64. The van der Waals surface area contributed by atoms with Crippen molar-refractivity contribution in [1.29, 1.82) is 0 Å². The lowest BCUT2D eigenvalue weighted by Crippen LogP contribution is -2.44. The molecule has 1 unspecified atom stereocenters. The molecule has 1 aromatic heterocycles. The van der Waals surface area contributed by atoms with E-state index in [0.29, 0.717) is 0 Å². The third-order valence-corrected chi connectivity index (χ3v) is 4.47. The molecule has 21 heavy (non-hydrogen) atoms. The Morgan fingerprint density at radius 3 is 2.62 bits per heavy atom. The van der Waals surface area contributed by atoms with Gasteiger partial charge in [-0.3, -0.25) is 4.68 Å². The molecule has 0 amide bonds. The molecule has 1 aliphatic carbocycles. The summed E-state index contributed by atoms with van der Waals surface area (Å²) in [6.07, 6.45) is 7.50. The molecule has 1 N–H and O–H groups in total. The van der Waals surface area contributed by atoms with Crippen molar-refractivity contribution in [1.82, 2.24) is 15.1 Å². The molecule has 1 aromatic rings. The quantitative estimate of drug-likeness (QED) is 0.801. The zero-order valence-corrected chi connectivity index (χ0v) is 13.8. The second-order valence-electron chi connectivity index (χ2n) is 5.75. The van der Waals surface area contributed by atoms with Crippen LogP contribution in [0.3, 0.4) is 0 Å². The van der Waals surface area contributed by atoms with Crippen LogP contribution in [0.4, 0.5) is 0 Å². The Labute approximate surface area is 128 Å². The smallest absolute Gasteiger partial charge is 0.161 e. The Hall–Kier alpha value is -1.07. The van der Waals surface area contributed by atoms with Crippen molar-refractivity contribution < 1.29 is 9.47 Å². The number of nitrogens with zero attached hydrogens (tertiary/aromatic N) is 2. The minimum Gasteiger partial charge on any atom is -0.493 e. The molecule has 1 aliphatic rings. The highest BCUT2D eigenvalue weighted by molar-refractivity contribution is 5.31. The summed E-state index contributed by atoms with van der Waals surface area (Å²) in [5.74, 6) is 0.855. The molecule has 0 aromatic carbocycles. The molecule has 0 radical (unpaired) electrons. The van der Waals surface area contributed by atoms with E-state index in [-0.39, 0.29) is 11.6 Å². The maximum absolute atomic E-state index is 6.24. The van der Waals surface area contributed by atoms with E-state index in [1.54, 1.807) is 7.11 Å². The summed E-state index contributed by atoms with van der Waals surface area (Å²) in [6, 6.07) is 0.115. The van der Waals surface area contributed by atoms with E-state index in [2.05, 4.69) is 28.9 Å². The van der Waals surface area contributed by atoms with E-state index in [1.807, 2.05) is 13.2 Å². The lowest BCUT2D eigenvalue weighted by Gasteiger charge is -2.37. The molecule has 5 nitrogen and oxygen atoms in total. The summed E-state index contributed by atoms with van der Waals surface area (Å²) in [5, 5.41) is 7.98. The molecule has 2 rings (SSSR count). The Bertz CT molecular complexity index is 439. The van der Waals surface area contributed by atoms with Gasteiger partial charge < -0.3 is 14.8 Å². The largest absolute Gasteiger partial charge is 0.493 e. The van der Waals surface area contributed by atoms with Crippen LogP contribution in [0.1, 0.15) is 57.7 Å². The predicted molar refractivity (Wildman–Crippen MR) is 83.7 cm³/mol. The van der Waals surface area contributed by atoms with Gasteiger partial charge in [0, 0.05) is 13.2 Å². The number of ether oxygens (including phenoxy) is 2. The molecule has 1 fully saturated rings. The Morgan fingerprint density at radius 2 is 2.10 bits per heavy atom. The van der Waals surface area contributed by atoms with Gasteiger partial charge in [0.2, 0.25) is 0 Å². The summed E-state index contributed by atoms with van der Waals surface area (Å²) < 4.78 is 13.9. The van der Waals surface area contributed by atoms with Gasteiger partial charge in [-0.25, -0.2) is 0 Å². The molecular weight excluding hydrogens is 266 g/mol. The maximum atomic E-state index is 6.24. The van der Waals surface area contributed by atoms with E-state index in [4.69, 9.17) is 9.47 Å². The molecule has 120 valence electrons. The molecule has 0 saturated heterocycles. The zero-order chi connectivity index (χ0) is 15.3. The number of likely N-dealkylation sites (N-methyl/N-ethyl adjacent to an activating group) is 1. The van der Waals surface area contributed by atoms with E-state index >= 15 is 0 Å². The molecule has 1 saturated carbocycles. The van der Waals surface area contributed by atoms with Crippen molar-refractivity contribution >= 4 is 0 Å². The van der Waals surface area contributed by atoms with Gasteiger partial charge in [0.25, 0.3) is 0 Å². The van der Waals surface area contributed by atoms with E-state index < -0.39 is 0 Å². The van der Waals surface area contributed by atoms with Crippen LogP contribution in [-0.2, 0) is 11.3 Å². The van der Waals surface area contributed by atoms with Crippen LogP contribution in [-0.4, -0.2) is 36.1 Å². The first-order valence-electron chi connectivity index (χ1n) is 8.13. The van der Waals surface area contributed by atoms with Crippen LogP contribution in [0, 0.1) is 0 Å². The first-order chi connectivity index (χ1) is 10.2. The van der Waals surface area contributed by atoms with Gasteiger partial charge in [-0.2, -0.15) is 5.10 Å². The molecule has 1 atom stereocenters. The molecule has 0 spiro atoms. The number of aromatic nitrogens is 2. The summed E-state index contributed by atoms with van der Waals surface area (Å²) in [6.45, 7) is 5.88. The number of rotatable bonds is 8. The minimum atomic E-state index is -0.137. The van der Waals surface area contributed by atoms with Crippen LogP contribution in [0.25, 0.3) is 0 Å². The average Bonchev–Trinajstić information content (AvgIpc) is 3.10. The van der Waals surface area contributed by atoms with Crippen molar-refractivity contribution in [3.63, 3.8) is 0 Å². The Kier molecular flexibility index (Phi) is 5.65. The first-order valence-corrected chi connectivity index (χ1v) is 8.13. The van der Waals surface area contributed by atoms with Gasteiger partial charge in [0.15, 0.2) is 5.75 Å². The number of aryl methyl sites for hydroxylation is 1. The zero-order valence-electron chi connectivity index (χ0n) is 13.8. The third kappa shape index (κ3) is 3.09. The van der Waals surface area contributed by atoms with Crippen molar-refractivity contribution in [3.05, 3.63) is 11.9 Å². The highest BCUT2D eigenvalue weighted by atomic mass is 16.5. The lowest BCUT2D eigenvalue weighted by molar-refractivity contribution is -0.0633. The summed E-state index contributed by atoms with van der Waals surface area (Å²) in [4.78, 5) is 0. The summed E-state index contributed by atoms with van der Waals surface area (Å²) in [7, 11) is 3.72. The second-order valence-corrected chi connectivity index (χ2v) is 5.75. The van der Waals surface area contributed by atoms with Crippen LogP contribution in [0.15, 0.2) is 6.20 Å². The number of nitrogens with one attached hydrogen (secondary N) is 1. The summed E-state index contributed by atoms with van der Waals surface area (Å²) in [5.41, 5.74) is 0.986. The van der Waals surface area contributed by atoms with Gasteiger partial charge in [-0.1, -0.05) is 19.8 Å². The summed E-state index contributed by atoms with van der Waals surface area (Å²) >= 11 is 0. The van der Waals surface area contributed by atoms with Crippen LogP contribution >= 0.6 is 0 Å². The Morgan fingerprint density at radius 1 is 1.38 bits per heavy atom. The van der Waals surface area contributed by atoms with Crippen molar-refractivity contribution in [3.8, 4) is 5.75 Å². The molecule has 1 heterocycles. The maximum Gasteiger partial charge on any atom is 0.161 e. The van der Waals surface area contributed by atoms with Gasteiger partial charge in [0.05, 0.1) is 24.9 Å². The van der Waals surface area contributed by atoms with E-state index in [1.165, 1.54) is 12.8 Å². The predicted octanol–water partition coefficient (Wildman–Crippen LogP) is 2.91. The van der Waals surface area contributed by atoms with Gasteiger partial charge in [-0.05, 0) is 33.2 Å². The first kappa shape index (κ1) is 16.3. The van der Waals surface area contributed by atoms with Gasteiger partial charge in [0.1, 0.15) is 5.69 Å². The van der Waals surface area contributed by atoms with E-state index in [9.17, 15) is 0 Å². The minimum absolute atomic E-state index is 0.115. The van der Waals surface area contributed by atoms with Crippen LogP contribution < -0.4 is 10.1 Å². The van der Waals surface area contributed by atoms with Crippen molar-refractivity contribution in [2.24, 2.45) is 0 Å². The highest BCUT2D eigenvalue weighted by Crippen LogP contribution is 2.45. The molecule has 0 bridgehead atoms. The average molecular weight is 295 g/mol. The molecule has 0 aliphatic heterocycles. The normalized spacial score (nSPS) is 18.9. The SMILES string of the molecule is CCCn1ncc(OC)c1C(NC)C1(OCC)CCCC1. The fourth-order valence-corrected chi connectivity index (χ4v) is 3.64. The fraction of sp³-hybridized carbons (Fsp3) is 0.812. The molecular formula is C16H29N3O2. The monoisotopic (exact) mass is 295 g/mol. The number of hydrogen-bond acceptors (Lipinski definition) is 4. The second kappa shape index (κ2) is 7.27. The van der Waals surface area contributed by atoms with Crippen LogP contribution in [0.2, 0.25) is 0 Å². The number of hydrogen-bond donors (Lipinski definition) is 1. The van der Waals surface area contributed by atoms with Gasteiger partial charge >= 0.3 is 0 Å². The molecule has 5 heteroatoms. The number of methoxy groups -OCH3 is 1. The van der Waals surface area contributed by atoms with E-state index in [0.717, 1.165) is 43.9 Å².